The smallest absolute Gasteiger partial charge is 0.145 e. The minimum absolute atomic E-state index is 0.0307. The van der Waals surface area contributed by atoms with E-state index in [0.717, 1.165) is 34.2 Å². The van der Waals surface area contributed by atoms with E-state index in [0.29, 0.717) is 0 Å². The SMILES string of the molecule is CC(C)(C)c1ccnc(-n2c3cc(Oc4ccc5c(c4)-n4c6nccc(C(C)(C)C)c6c6cccc(c64)C5(C)C)ccc3c3ccc4sc5ccccc5c4c32)c1. The number of aromatic nitrogens is 4. The summed E-state index contributed by atoms with van der Waals surface area (Å²) in [6.07, 6.45) is 3.92. The summed E-state index contributed by atoms with van der Waals surface area (Å²) in [4.78, 5) is 10.1. The van der Waals surface area contributed by atoms with Gasteiger partial charge in [0.2, 0.25) is 0 Å². The first-order valence-corrected chi connectivity index (χ1v) is 20.7. The molecule has 0 unspecified atom stereocenters. The standard InChI is InChI=1S/C51H44N4OS/c1-49(2,3)29-22-24-52-43(26-29)54-39-27-30(16-18-32(39)33-19-21-42-45(47(33)54)34-12-9-10-15-41(34)57-42)56-31-17-20-36-40(28-31)55-46-35(13-11-14-38(46)51(36,7)8)44-37(50(4,5)6)23-25-53-48(44)55/h9-28H,1-8H3. The first-order valence-electron chi connectivity index (χ1n) is 19.9. The van der Waals surface area contributed by atoms with Gasteiger partial charge in [-0.3, -0.25) is 9.13 Å². The van der Waals surface area contributed by atoms with Crippen molar-refractivity contribution in [2.24, 2.45) is 0 Å². The molecule has 0 radical (unpaired) electrons. The molecule has 5 nitrogen and oxygen atoms in total. The van der Waals surface area contributed by atoms with E-state index in [-0.39, 0.29) is 16.2 Å². The molecule has 0 fully saturated rings. The highest BCUT2D eigenvalue weighted by molar-refractivity contribution is 7.26. The highest BCUT2D eigenvalue weighted by Crippen LogP contribution is 2.50. The zero-order chi connectivity index (χ0) is 39.2. The Morgan fingerprint density at radius 2 is 1.33 bits per heavy atom. The van der Waals surface area contributed by atoms with Crippen LogP contribution in [0.15, 0.2) is 122 Å². The number of hydrogen-bond acceptors (Lipinski definition) is 4. The zero-order valence-corrected chi connectivity index (χ0v) is 34.5. The van der Waals surface area contributed by atoms with Gasteiger partial charge in [-0.1, -0.05) is 104 Å². The Morgan fingerprint density at radius 1 is 0.579 bits per heavy atom. The van der Waals surface area contributed by atoms with Crippen LogP contribution in [-0.2, 0) is 16.2 Å². The Hall–Kier alpha value is -5.98. The number of benzene rings is 5. The lowest BCUT2D eigenvalue weighted by Gasteiger charge is -2.34. The van der Waals surface area contributed by atoms with Crippen LogP contribution >= 0.6 is 11.3 Å². The van der Waals surface area contributed by atoms with Gasteiger partial charge in [0.05, 0.1) is 22.2 Å². The van der Waals surface area contributed by atoms with Crippen molar-refractivity contribution < 1.29 is 4.74 Å². The van der Waals surface area contributed by atoms with Crippen molar-refractivity contribution in [3.63, 3.8) is 0 Å². The van der Waals surface area contributed by atoms with Crippen LogP contribution in [0.4, 0.5) is 0 Å². The fourth-order valence-corrected chi connectivity index (χ4v) is 10.6. The van der Waals surface area contributed by atoms with Crippen molar-refractivity contribution in [3.8, 4) is 23.0 Å². The Morgan fingerprint density at radius 3 is 2.16 bits per heavy atom. The minimum Gasteiger partial charge on any atom is -0.457 e. The summed E-state index contributed by atoms with van der Waals surface area (Å²) in [5, 5.41) is 7.39. The molecule has 0 bridgehead atoms. The van der Waals surface area contributed by atoms with Gasteiger partial charge < -0.3 is 4.74 Å². The molecular formula is C51H44N4OS. The van der Waals surface area contributed by atoms with E-state index in [2.05, 4.69) is 174 Å². The normalized spacial score (nSPS) is 14.1. The van der Waals surface area contributed by atoms with Crippen molar-refractivity contribution in [1.82, 2.24) is 19.1 Å². The summed E-state index contributed by atoms with van der Waals surface area (Å²) < 4.78 is 14.2. The van der Waals surface area contributed by atoms with Crippen LogP contribution in [0.5, 0.6) is 11.5 Å². The van der Waals surface area contributed by atoms with Crippen molar-refractivity contribution >= 4 is 75.3 Å². The van der Waals surface area contributed by atoms with E-state index in [1.165, 1.54) is 75.0 Å². The lowest BCUT2D eigenvalue weighted by atomic mass is 9.74. The van der Waals surface area contributed by atoms with E-state index < -0.39 is 0 Å². The maximum absolute atomic E-state index is 6.91. The highest BCUT2D eigenvalue weighted by atomic mass is 32.1. The fraction of sp³-hybridized carbons (Fsp3) is 0.216. The molecule has 57 heavy (non-hydrogen) atoms. The van der Waals surface area contributed by atoms with Crippen molar-refractivity contribution in [1.29, 1.82) is 0 Å². The molecule has 0 aliphatic carbocycles. The molecule has 0 atom stereocenters. The molecule has 0 amide bonds. The quantitative estimate of drug-likeness (QED) is 0.180. The van der Waals surface area contributed by atoms with E-state index >= 15 is 0 Å². The molecule has 0 N–H and O–H groups in total. The molecule has 0 spiro atoms. The number of ether oxygens (including phenoxy) is 1. The average Bonchev–Trinajstić information content (AvgIpc) is 3.84. The number of fused-ring (bicyclic) bond motifs is 12. The van der Waals surface area contributed by atoms with Gasteiger partial charge in [-0.25, -0.2) is 9.97 Å². The largest absolute Gasteiger partial charge is 0.457 e. The van der Waals surface area contributed by atoms with Crippen LogP contribution in [0.2, 0.25) is 0 Å². The van der Waals surface area contributed by atoms with Gasteiger partial charge in [0, 0.05) is 71.7 Å². The topological polar surface area (TPSA) is 44.9 Å². The van der Waals surface area contributed by atoms with Crippen LogP contribution in [0.3, 0.4) is 0 Å². The molecule has 5 aromatic heterocycles. The maximum Gasteiger partial charge on any atom is 0.145 e. The summed E-state index contributed by atoms with van der Waals surface area (Å²) >= 11 is 1.85. The molecule has 5 aromatic carbocycles. The molecule has 0 saturated carbocycles. The average molecular weight is 761 g/mol. The zero-order valence-electron chi connectivity index (χ0n) is 33.7. The highest BCUT2D eigenvalue weighted by Gasteiger charge is 2.37. The molecule has 11 rings (SSSR count). The van der Waals surface area contributed by atoms with Crippen LogP contribution in [-0.4, -0.2) is 19.1 Å². The lowest BCUT2D eigenvalue weighted by Crippen LogP contribution is -2.26. The summed E-state index contributed by atoms with van der Waals surface area (Å²) in [7, 11) is 0. The van der Waals surface area contributed by atoms with Gasteiger partial charge in [-0.2, -0.15) is 0 Å². The van der Waals surface area contributed by atoms with Gasteiger partial charge in [0.15, 0.2) is 0 Å². The Kier molecular flexibility index (Phi) is 6.95. The second-order valence-electron chi connectivity index (χ2n) is 18.4. The fourth-order valence-electron chi connectivity index (χ4n) is 9.51. The van der Waals surface area contributed by atoms with Crippen molar-refractivity contribution in [2.45, 2.75) is 71.6 Å². The summed E-state index contributed by atoms with van der Waals surface area (Å²) in [6.45, 7) is 18.3. The monoisotopic (exact) mass is 760 g/mol. The van der Waals surface area contributed by atoms with Crippen LogP contribution in [0, 0.1) is 0 Å². The number of rotatable bonds is 3. The molecule has 6 heteroatoms. The Labute approximate surface area is 336 Å². The number of hydrogen-bond donors (Lipinski definition) is 0. The predicted molar refractivity (Wildman–Crippen MR) is 240 cm³/mol. The van der Waals surface area contributed by atoms with E-state index in [9.17, 15) is 0 Å². The minimum atomic E-state index is -0.217. The molecule has 10 aromatic rings. The van der Waals surface area contributed by atoms with Crippen molar-refractivity contribution in [2.75, 3.05) is 0 Å². The number of pyridine rings is 2. The van der Waals surface area contributed by atoms with E-state index in [1.54, 1.807) is 0 Å². The van der Waals surface area contributed by atoms with Crippen LogP contribution in [0.25, 0.3) is 75.4 Å². The summed E-state index contributed by atoms with van der Waals surface area (Å²) in [6, 6.07) is 39.8. The maximum atomic E-state index is 6.91. The van der Waals surface area contributed by atoms with Gasteiger partial charge in [-0.15, -0.1) is 11.3 Å². The van der Waals surface area contributed by atoms with Gasteiger partial charge in [0.25, 0.3) is 0 Å². The van der Waals surface area contributed by atoms with Crippen LogP contribution in [0.1, 0.15) is 77.6 Å². The number of thiophene rings is 1. The van der Waals surface area contributed by atoms with E-state index in [4.69, 9.17) is 14.7 Å². The van der Waals surface area contributed by atoms with Gasteiger partial charge >= 0.3 is 0 Å². The molecule has 1 aliphatic rings. The number of nitrogens with zero attached hydrogens (tertiary/aromatic N) is 4. The third-order valence-corrected chi connectivity index (χ3v) is 13.5. The summed E-state index contributed by atoms with van der Waals surface area (Å²) in [5.41, 5.74) is 10.4. The lowest BCUT2D eigenvalue weighted by molar-refractivity contribution is 0.482. The first-order chi connectivity index (χ1) is 27.3. The molecule has 6 heterocycles. The Balaban J connectivity index is 1.13. The third kappa shape index (κ3) is 4.86. The first kappa shape index (κ1) is 34.3. The molecule has 280 valence electrons. The second-order valence-corrected chi connectivity index (χ2v) is 19.4. The second kappa shape index (κ2) is 11.5. The van der Waals surface area contributed by atoms with Gasteiger partial charge in [-0.05, 0) is 81.6 Å². The summed E-state index contributed by atoms with van der Waals surface area (Å²) in [5.74, 6) is 2.46. The molecule has 1 aliphatic heterocycles. The predicted octanol–water partition coefficient (Wildman–Crippen LogP) is 14.1. The van der Waals surface area contributed by atoms with Crippen LogP contribution < -0.4 is 4.74 Å². The molecule has 0 saturated heterocycles. The third-order valence-electron chi connectivity index (χ3n) is 12.4. The Bertz CT molecular complexity index is 3330. The van der Waals surface area contributed by atoms with E-state index in [1.807, 2.05) is 23.7 Å². The van der Waals surface area contributed by atoms with Gasteiger partial charge in [0.1, 0.15) is 23.0 Å². The molecular weight excluding hydrogens is 717 g/mol. The van der Waals surface area contributed by atoms with Crippen molar-refractivity contribution in [3.05, 3.63) is 144 Å². The number of para-hydroxylation sites is 1.